The molecule has 0 saturated heterocycles. The fourth-order valence-corrected chi connectivity index (χ4v) is 6.03. The van der Waals surface area contributed by atoms with Crippen molar-refractivity contribution in [3.63, 3.8) is 0 Å². The zero-order valence-electron chi connectivity index (χ0n) is 15.9. The van der Waals surface area contributed by atoms with Crippen LogP contribution in [0.4, 0.5) is 11.4 Å². The first-order chi connectivity index (χ1) is 13.0. The summed E-state index contributed by atoms with van der Waals surface area (Å²) in [6, 6.07) is 7.99. The summed E-state index contributed by atoms with van der Waals surface area (Å²) in [7, 11) is 0. The van der Waals surface area contributed by atoms with E-state index < -0.39 is 5.97 Å². The van der Waals surface area contributed by atoms with Gasteiger partial charge >= 0.3 is 5.97 Å². The van der Waals surface area contributed by atoms with Crippen molar-refractivity contribution in [1.82, 2.24) is 0 Å². The van der Waals surface area contributed by atoms with Gasteiger partial charge in [0, 0.05) is 18.4 Å². The molecule has 5 nitrogen and oxygen atoms in total. The fraction of sp³-hybridized carbons (Fsp3) is 0.636. The molecule has 0 radical (unpaired) electrons. The Morgan fingerprint density at radius 3 is 2.07 bits per heavy atom. The molecule has 146 valence electrons. The highest BCUT2D eigenvalue weighted by molar-refractivity contribution is 5.94. The van der Waals surface area contributed by atoms with Crippen molar-refractivity contribution >= 4 is 23.3 Å². The van der Waals surface area contributed by atoms with Crippen LogP contribution in [-0.2, 0) is 9.59 Å². The lowest BCUT2D eigenvalue weighted by Gasteiger charge is -2.57. The zero-order chi connectivity index (χ0) is 18.9. The quantitative estimate of drug-likeness (QED) is 0.582. The Bertz CT molecular complexity index is 680. The number of carbonyl (C=O) groups is 2. The van der Waals surface area contributed by atoms with E-state index in [0.717, 1.165) is 29.1 Å². The molecule has 0 heterocycles. The molecule has 0 atom stereocenters. The van der Waals surface area contributed by atoms with Gasteiger partial charge in [0.1, 0.15) is 0 Å². The predicted octanol–water partition coefficient (Wildman–Crippen LogP) is 4.65. The number of nitrogens with one attached hydrogen (secondary N) is 2. The van der Waals surface area contributed by atoms with Crippen LogP contribution in [0.3, 0.4) is 0 Å². The van der Waals surface area contributed by atoms with E-state index in [1.807, 2.05) is 18.2 Å². The molecule has 5 rings (SSSR count). The number of hydrogen-bond acceptors (Lipinski definition) is 3. The maximum atomic E-state index is 12.3. The van der Waals surface area contributed by atoms with Gasteiger partial charge in [-0.2, -0.15) is 0 Å². The van der Waals surface area contributed by atoms with Crippen LogP contribution in [0.5, 0.6) is 0 Å². The Labute approximate surface area is 160 Å². The second kappa shape index (κ2) is 7.53. The molecule has 4 fully saturated rings. The minimum atomic E-state index is -0.805. The van der Waals surface area contributed by atoms with Gasteiger partial charge in [-0.25, -0.2) is 0 Å². The Kier molecular flexibility index (Phi) is 5.11. The molecule has 0 aromatic heterocycles. The van der Waals surface area contributed by atoms with E-state index in [0.29, 0.717) is 19.3 Å². The Morgan fingerprint density at radius 1 is 0.926 bits per heavy atom. The van der Waals surface area contributed by atoms with E-state index in [-0.39, 0.29) is 17.9 Å². The third-order valence-electron chi connectivity index (χ3n) is 6.68. The molecule has 4 saturated carbocycles. The highest BCUT2D eigenvalue weighted by atomic mass is 16.4. The summed E-state index contributed by atoms with van der Waals surface area (Å²) < 4.78 is 0. The van der Waals surface area contributed by atoms with Crippen LogP contribution in [0, 0.1) is 17.8 Å². The molecule has 4 aliphatic carbocycles. The number of hydrogen-bond donors (Lipinski definition) is 3. The molecule has 4 bridgehead atoms. The number of amides is 1. The normalized spacial score (nSPS) is 30.9. The lowest BCUT2D eigenvalue weighted by molar-refractivity contribution is -0.137. The van der Waals surface area contributed by atoms with Crippen LogP contribution in [-0.4, -0.2) is 22.5 Å². The SMILES string of the molecule is O=C(O)CCCCC(=O)Nc1ccccc1NC12CC3CC(CC(C3)C1)C2. The van der Waals surface area contributed by atoms with Crippen LogP contribution >= 0.6 is 0 Å². The molecule has 0 aliphatic heterocycles. The van der Waals surface area contributed by atoms with Gasteiger partial charge in [-0.1, -0.05) is 12.1 Å². The first kappa shape index (κ1) is 18.3. The van der Waals surface area contributed by atoms with E-state index >= 15 is 0 Å². The van der Waals surface area contributed by atoms with Gasteiger partial charge in [0.15, 0.2) is 0 Å². The molecule has 1 aromatic carbocycles. The number of carbonyl (C=O) groups excluding carboxylic acids is 1. The second-order valence-electron chi connectivity index (χ2n) is 9.02. The Balaban J connectivity index is 1.38. The van der Waals surface area contributed by atoms with Crippen molar-refractivity contribution in [2.24, 2.45) is 17.8 Å². The fourth-order valence-electron chi connectivity index (χ4n) is 6.03. The molecule has 0 spiro atoms. The summed E-state index contributed by atoms with van der Waals surface area (Å²) in [5.74, 6) is 1.78. The van der Waals surface area contributed by atoms with Gasteiger partial charge in [-0.05, 0) is 81.3 Å². The molecule has 3 N–H and O–H groups in total. The maximum Gasteiger partial charge on any atom is 0.303 e. The topological polar surface area (TPSA) is 78.4 Å². The third kappa shape index (κ3) is 4.28. The summed E-state index contributed by atoms with van der Waals surface area (Å²) in [5.41, 5.74) is 2.08. The van der Waals surface area contributed by atoms with Gasteiger partial charge in [0.05, 0.1) is 11.4 Å². The number of para-hydroxylation sites is 2. The Hall–Kier alpha value is -2.04. The smallest absolute Gasteiger partial charge is 0.303 e. The summed E-state index contributed by atoms with van der Waals surface area (Å²) >= 11 is 0. The minimum absolute atomic E-state index is 0.0415. The van der Waals surface area contributed by atoms with E-state index in [4.69, 9.17) is 5.11 Å². The number of unbranched alkanes of at least 4 members (excludes halogenated alkanes) is 1. The molecule has 1 amide bonds. The summed E-state index contributed by atoms with van der Waals surface area (Å²) in [4.78, 5) is 22.9. The molecule has 27 heavy (non-hydrogen) atoms. The number of benzene rings is 1. The van der Waals surface area contributed by atoms with Gasteiger partial charge < -0.3 is 15.7 Å². The number of aliphatic carboxylic acids is 1. The van der Waals surface area contributed by atoms with Crippen LogP contribution in [0.25, 0.3) is 0 Å². The summed E-state index contributed by atoms with van der Waals surface area (Å²) in [5, 5.41) is 15.6. The van der Waals surface area contributed by atoms with E-state index in [2.05, 4.69) is 16.7 Å². The van der Waals surface area contributed by atoms with E-state index in [1.54, 1.807) is 0 Å². The molecular formula is C22H30N2O3. The lowest BCUT2D eigenvalue weighted by atomic mass is 9.53. The van der Waals surface area contributed by atoms with Gasteiger partial charge in [0.2, 0.25) is 5.91 Å². The standard InChI is InChI=1S/C22H30N2O3/c25-20(7-3-4-8-21(26)27)23-18-5-1-2-6-19(18)24-22-12-15-9-16(13-22)11-17(10-15)14-22/h1-2,5-6,15-17,24H,3-4,7-14H2,(H,23,25)(H,26,27). The monoisotopic (exact) mass is 370 g/mol. The van der Waals surface area contributed by atoms with E-state index in [1.165, 1.54) is 38.5 Å². The largest absolute Gasteiger partial charge is 0.481 e. The van der Waals surface area contributed by atoms with Crippen molar-refractivity contribution < 1.29 is 14.7 Å². The van der Waals surface area contributed by atoms with Crippen LogP contribution < -0.4 is 10.6 Å². The van der Waals surface area contributed by atoms with Gasteiger partial charge in [-0.15, -0.1) is 0 Å². The van der Waals surface area contributed by atoms with Crippen LogP contribution in [0.1, 0.15) is 64.2 Å². The van der Waals surface area contributed by atoms with Gasteiger partial charge in [0.25, 0.3) is 0 Å². The molecule has 0 unspecified atom stereocenters. The van der Waals surface area contributed by atoms with Crippen molar-refractivity contribution in [2.45, 2.75) is 69.7 Å². The highest BCUT2D eigenvalue weighted by Crippen LogP contribution is 2.56. The number of carboxylic acid groups (broad SMARTS) is 1. The van der Waals surface area contributed by atoms with Crippen molar-refractivity contribution in [3.05, 3.63) is 24.3 Å². The Morgan fingerprint density at radius 2 is 1.48 bits per heavy atom. The highest BCUT2D eigenvalue weighted by Gasteiger charge is 2.51. The van der Waals surface area contributed by atoms with Gasteiger partial charge in [-0.3, -0.25) is 9.59 Å². The van der Waals surface area contributed by atoms with Crippen LogP contribution in [0.2, 0.25) is 0 Å². The number of anilines is 2. The second-order valence-corrected chi connectivity index (χ2v) is 9.02. The number of rotatable bonds is 8. The molecule has 1 aromatic rings. The molecule has 4 aliphatic rings. The first-order valence-electron chi connectivity index (χ1n) is 10.4. The zero-order valence-corrected chi connectivity index (χ0v) is 15.9. The van der Waals surface area contributed by atoms with Crippen molar-refractivity contribution in [1.29, 1.82) is 0 Å². The van der Waals surface area contributed by atoms with Crippen LogP contribution in [0.15, 0.2) is 24.3 Å². The van der Waals surface area contributed by atoms with E-state index in [9.17, 15) is 9.59 Å². The van der Waals surface area contributed by atoms with Crippen molar-refractivity contribution in [3.8, 4) is 0 Å². The number of carboxylic acids is 1. The lowest BCUT2D eigenvalue weighted by Crippen LogP contribution is -2.54. The van der Waals surface area contributed by atoms with Crippen molar-refractivity contribution in [2.75, 3.05) is 10.6 Å². The average molecular weight is 370 g/mol. The third-order valence-corrected chi connectivity index (χ3v) is 6.68. The maximum absolute atomic E-state index is 12.3. The molecular weight excluding hydrogens is 340 g/mol. The average Bonchev–Trinajstić information content (AvgIpc) is 2.59. The summed E-state index contributed by atoms with van der Waals surface area (Å²) in [6.45, 7) is 0. The minimum Gasteiger partial charge on any atom is -0.481 e. The first-order valence-corrected chi connectivity index (χ1v) is 10.4. The summed E-state index contributed by atoms with van der Waals surface area (Å²) in [6.07, 6.45) is 9.64. The molecule has 5 heteroatoms. The predicted molar refractivity (Wildman–Crippen MR) is 106 cm³/mol.